The number of morpholine rings is 1. The van der Waals surface area contributed by atoms with Crippen LogP contribution < -0.4 is 5.56 Å². The molecule has 3 rings (SSSR count). The Morgan fingerprint density at radius 1 is 1.33 bits per heavy atom. The first-order valence-corrected chi connectivity index (χ1v) is 9.21. The predicted molar refractivity (Wildman–Crippen MR) is 102 cm³/mol. The number of hydrogen-bond acceptors (Lipinski definition) is 5. The average molecular weight is 392 g/mol. The second-order valence-electron chi connectivity index (χ2n) is 6.37. The third kappa shape index (κ3) is 4.37. The van der Waals surface area contributed by atoms with Gasteiger partial charge in [0, 0.05) is 48.0 Å². The molecule has 2 aromatic rings. The van der Waals surface area contributed by atoms with Gasteiger partial charge >= 0.3 is 0 Å². The lowest BCUT2D eigenvalue weighted by molar-refractivity contribution is -0.135. The summed E-state index contributed by atoms with van der Waals surface area (Å²) in [5, 5.41) is 9.80. The third-order valence-corrected chi connectivity index (χ3v) is 4.81. The third-order valence-electron chi connectivity index (χ3n) is 4.57. The van der Waals surface area contributed by atoms with Gasteiger partial charge in [0.15, 0.2) is 0 Å². The molecule has 1 aliphatic heterocycles. The Balaban J connectivity index is 2.06. The van der Waals surface area contributed by atoms with Gasteiger partial charge in [0.1, 0.15) is 12.4 Å². The summed E-state index contributed by atoms with van der Waals surface area (Å²) in [6.45, 7) is 3.44. The molecule has 7 nitrogen and oxygen atoms in total. The molecule has 0 atom stereocenters. The van der Waals surface area contributed by atoms with Crippen molar-refractivity contribution in [1.29, 1.82) is 0 Å². The van der Waals surface area contributed by atoms with Crippen molar-refractivity contribution >= 4 is 17.5 Å². The van der Waals surface area contributed by atoms with Crippen LogP contribution in [0.5, 0.6) is 0 Å². The number of halogens is 1. The highest BCUT2D eigenvalue weighted by molar-refractivity contribution is 6.30. The summed E-state index contributed by atoms with van der Waals surface area (Å²) in [7, 11) is 0. The quantitative estimate of drug-likeness (QED) is 0.829. The first kappa shape index (κ1) is 19.5. The summed E-state index contributed by atoms with van der Waals surface area (Å²) in [6.07, 6.45) is 0.194. The Morgan fingerprint density at radius 2 is 2.07 bits per heavy atom. The molecule has 1 aromatic heterocycles. The Hall–Kier alpha value is -2.22. The topological polar surface area (TPSA) is 84.7 Å². The van der Waals surface area contributed by atoms with E-state index in [9.17, 15) is 14.7 Å². The first-order chi connectivity index (χ1) is 13.0. The number of aliphatic hydroxyl groups excluding tert-OH is 1. The van der Waals surface area contributed by atoms with Crippen LogP contribution in [0.1, 0.15) is 11.3 Å². The highest BCUT2D eigenvalue weighted by Crippen LogP contribution is 2.21. The number of amides is 1. The average Bonchev–Trinajstić information content (AvgIpc) is 2.67. The zero-order valence-corrected chi connectivity index (χ0v) is 15.9. The van der Waals surface area contributed by atoms with Crippen molar-refractivity contribution in [2.24, 2.45) is 0 Å². The van der Waals surface area contributed by atoms with Gasteiger partial charge in [0.25, 0.3) is 5.56 Å². The van der Waals surface area contributed by atoms with E-state index in [-0.39, 0.29) is 31.0 Å². The molecule has 0 radical (unpaired) electrons. The highest BCUT2D eigenvalue weighted by Gasteiger charge is 2.22. The molecular weight excluding hydrogens is 370 g/mol. The second kappa shape index (κ2) is 8.65. The van der Waals surface area contributed by atoms with E-state index in [2.05, 4.69) is 4.98 Å². The van der Waals surface area contributed by atoms with E-state index in [0.717, 1.165) is 0 Å². The maximum atomic E-state index is 13.1. The molecule has 0 saturated carbocycles. The van der Waals surface area contributed by atoms with Crippen LogP contribution in [0.15, 0.2) is 29.1 Å². The van der Waals surface area contributed by atoms with Gasteiger partial charge in [0.05, 0.1) is 13.2 Å². The molecule has 0 aliphatic carbocycles. The van der Waals surface area contributed by atoms with Crippen molar-refractivity contribution < 1.29 is 14.6 Å². The van der Waals surface area contributed by atoms with Crippen LogP contribution in [0.2, 0.25) is 5.02 Å². The van der Waals surface area contributed by atoms with Crippen LogP contribution >= 0.6 is 11.6 Å². The lowest BCUT2D eigenvalue weighted by Gasteiger charge is -2.27. The number of ether oxygens (including phenoxy) is 1. The molecule has 144 valence electrons. The van der Waals surface area contributed by atoms with Crippen molar-refractivity contribution in [1.82, 2.24) is 14.5 Å². The molecule has 8 heteroatoms. The maximum absolute atomic E-state index is 13.1. The van der Waals surface area contributed by atoms with Crippen LogP contribution in [0, 0.1) is 6.92 Å². The molecule has 27 heavy (non-hydrogen) atoms. The molecule has 0 bridgehead atoms. The van der Waals surface area contributed by atoms with Crippen LogP contribution in [-0.2, 0) is 22.5 Å². The molecule has 1 saturated heterocycles. The van der Waals surface area contributed by atoms with E-state index in [0.29, 0.717) is 54.0 Å². The van der Waals surface area contributed by atoms with Gasteiger partial charge in [-0.25, -0.2) is 4.98 Å². The van der Waals surface area contributed by atoms with E-state index in [4.69, 9.17) is 16.3 Å². The molecule has 1 N–H and O–H groups in total. The minimum absolute atomic E-state index is 0.119. The maximum Gasteiger partial charge on any atom is 0.257 e. The number of aromatic nitrogens is 2. The fourth-order valence-corrected chi connectivity index (χ4v) is 3.33. The normalized spacial score (nSPS) is 14.4. The van der Waals surface area contributed by atoms with E-state index < -0.39 is 0 Å². The summed E-state index contributed by atoms with van der Waals surface area (Å²) < 4.78 is 6.66. The zero-order chi connectivity index (χ0) is 19.4. The summed E-state index contributed by atoms with van der Waals surface area (Å²) in [5.74, 6) is 0.229. The number of rotatable bonds is 5. The molecule has 0 spiro atoms. The number of hydrogen-bond donors (Lipinski definition) is 1. The van der Waals surface area contributed by atoms with Gasteiger partial charge in [-0.15, -0.1) is 0 Å². The van der Waals surface area contributed by atoms with Crippen LogP contribution in [0.25, 0.3) is 11.4 Å². The Morgan fingerprint density at radius 3 is 2.74 bits per heavy atom. The molecule has 1 fully saturated rings. The lowest BCUT2D eigenvalue weighted by atomic mass is 10.1. The van der Waals surface area contributed by atoms with Crippen molar-refractivity contribution in [2.45, 2.75) is 19.9 Å². The number of carbonyl (C=O) groups excluding carboxylic acids is 1. The molecule has 1 aromatic carbocycles. The smallest absolute Gasteiger partial charge is 0.257 e. The first-order valence-electron chi connectivity index (χ1n) is 8.84. The SMILES string of the molecule is Cc1nc(-c2cccc(Cl)c2)n(CC(=O)N2CCOCC2)c(=O)c1CCO. The number of nitrogens with zero attached hydrogens (tertiary/aromatic N) is 3. The predicted octanol–water partition coefficient (Wildman–Crippen LogP) is 1.27. The van der Waals surface area contributed by atoms with Gasteiger partial charge in [-0.3, -0.25) is 14.2 Å². The standard InChI is InChI=1S/C19H22ClN3O4/c1-13-16(5-8-24)19(26)23(12-17(25)22-6-9-27-10-7-22)18(21-13)14-3-2-4-15(20)11-14/h2-4,11,24H,5-10,12H2,1H3. The fraction of sp³-hybridized carbons (Fsp3) is 0.421. The van der Waals surface area contributed by atoms with E-state index >= 15 is 0 Å². The van der Waals surface area contributed by atoms with Gasteiger partial charge in [-0.05, 0) is 19.1 Å². The van der Waals surface area contributed by atoms with E-state index in [1.54, 1.807) is 36.1 Å². The van der Waals surface area contributed by atoms with Crippen LogP contribution in [0.4, 0.5) is 0 Å². The van der Waals surface area contributed by atoms with E-state index in [1.165, 1.54) is 4.57 Å². The fourth-order valence-electron chi connectivity index (χ4n) is 3.14. The monoisotopic (exact) mass is 391 g/mol. The Labute approximate surface area is 162 Å². The van der Waals surface area contributed by atoms with Crippen molar-refractivity contribution in [3.05, 3.63) is 50.9 Å². The lowest BCUT2D eigenvalue weighted by Crippen LogP contribution is -2.44. The van der Waals surface area contributed by atoms with Crippen LogP contribution in [-0.4, -0.2) is 58.4 Å². The number of benzene rings is 1. The molecule has 1 aliphatic rings. The molecule has 1 amide bonds. The Bertz CT molecular complexity index is 891. The summed E-state index contributed by atoms with van der Waals surface area (Å²) in [4.78, 5) is 32.0. The van der Waals surface area contributed by atoms with Gasteiger partial charge < -0.3 is 14.7 Å². The number of carbonyl (C=O) groups is 1. The summed E-state index contributed by atoms with van der Waals surface area (Å²) in [6, 6.07) is 7.02. The van der Waals surface area contributed by atoms with Crippen molar-refractivity contribution in [3.63, 3.8) is 0 Å². The van der Waals surface area contributed by atoms with Gasteiger partial charge in [0.2, 0.25) is 5.91 Å². The minimum atomic E-state index is -0.312. The summed E-state index contributed by atoms with van der Waals surface area (Å²) >= 11 is 6.10. The van der Waals surface area contributed by atoms with Crippen molar-refractivity contribution in [2.75, 3.05) is 32.9 Å². The second-order valence-corrected chi connectivity index (χ2v) is 6.80. The zero-order valence-electron chi connectivity index (χ0n) is 15.2. The van der Waals surface area contributed by atoms with Crippen molar-refractivity contribution in [3.8, 4) is 11.4 Å². The summed E-state index contributed by atoms with van der Waals surface area (Å²) in [5.41, 5.74) is 1.30. The Kier molecular flexibility index (Phi) is 6.26. The molecule has 0 unspecified atom stereocenters. The van der Waals surface area contributed by atoms with E-state index in [1.807, 2.05) is 0 Å². The van der Waals surface area contributed by atoms with Gasteiger partial charge in [-0.2, -0.15) is 0 Å². The number of aryl methyl sites for hydroxylation is 1. The largest absolute Gasteiger partial charge is 0.396 e. The number of aliphatic hydroxyl groups is 1. The highest BCUT2D eigenvalue weighted by atomic mass is 35.5. The molecular formula is C19H22ClN3O4. The van der Waals surface area contributed by atoms with Crippen LogP contribution in [0.3, 0.4) is 0 Å². The molecule has 2 heterocycles. The minimum Gasteiger partial charge on any atom is -0.396 e. The van der Waals surface area contributed by atoms with Gasteiger partial charge in [-0.1, -0.05) is 23.7 Å².